The molecule has 2 amide bonds. The highest BCUT2D eigenvalue weighted by molar-refractivity contribution is 5.99. The molecule has 4 aliphatic heterocycles. The van der Waals surface area contributed by atoms with E-state index in [1.807, 2.05) is 13.0 Å². The highest BCUT2D eigenvalue weighted by atomic mass is 19.1. The lowest BCUT2D eigenvalue weighted by Gasteiger charge is -2.47. The van der Waals surface area contributed by atoms with Crippen molar-refractivity contribution in [2.75, 3.05) is 90.3 Å². The summed E-state index contributed by atoms with van der Waals surface area (Å²) in [6, 6.07) is 8.97. The second-order valence-electron chi connectivity index (χ2n) is 14.3. The number of aromatic nitrogens is 1. The van der Waals surface area contributed by atoms with Crippen LogP contribution in [0.15, 0.2) is 30.3 Å². The molecule has 5 heterocycles. The van der Waals surface area contributed by atoms with E-state index in [9.17, 15) is 14.0 Å². The van der Waals surface area contributed by atoms with E-state index in [4.69, 9.17) is 19.2 Å². The van der Waals surface area contributed by atoms with Crippen molar-refractivity contribution in [2.24, 2.45) is 0 Å². The summed E-state index contributed by atoms with van der Waals surface area (Å²) in [6.07, 6.45) is 1.36. The monoisotopic (exact) mass is 695 g/mol. The SMILES string of the molecule is CC[C@@H]1COC[C@@H](C)N1C[C@H]1CN[C@H](C)CN1CC(=O)N1c2cc(Cc3ccc(F)cc3)c(C(=O)NCCN3CCOCC3)nc2OC[C@@H]1C. The predicted molar refractivity (Wildman–Crippen MR) is 189 cm³/mol. The maximum Gasteiger partial charge on any atom is 0.270 e. The standard InChI is InChI=1S/C37H54FN7O5/c1-5-31-24-49-22-26(3)44(31)20-32-18-40-25(2)19-43(32)21-34(46)45-27(4)23-50-37-33(45)17-29(16-28-6-8-30(38)9-7-28)35(41-37)36(47)39-10-11-42-12-14-48-15-13-42/h6-9,17,25-27,31-32,40H,5,10-16,18-24H2,1-4H3,(H,39,47)/t25-,26-,27+,31-,32-/m1/s1. The molecule has 2 aromatic rings. The molecular formula is C37H54FN7O5. The Labute approximate surface area is 295 Å². The Balaban J connectivity index is 1.23. The minimum absolute atomic E-state index is 0.0273. The van der Waals surface area contributed by atoms with E-state index in [0.29, 0.717) is 56.1 Å². The molecule has 3 fully saturated rings. The molecule has 6 rings (SSSR count). The molecule has 5 atom stereocenters. The Morgan fingerprint density at radius 1 is 1.02 bits per heavy atom. The average molecular weight is 696 g/mol. The van der Waals surface area contributed by atoms with Crippen LogP contribution >= 0.6 is 0 Å². The third kappa shape index (κ3) is 8.80. The number of rotatable bonds is 11. The third-order valence-electron chi connectivity index (χ3n) is 10.5. The van der Waals surface area contributed by atoms with Gasteiger partial charge in [-0.15, -0.1) is 0 Å². The van der Waals surface area contributed by atoms with Gasteiger partial charge in [-0.05, 0) is 62.9 Å². The number of ether oxygens (including phenoxy) is 3. The number of halogens is 1. The quantitative estimate of drug-likeness (QED) is 0.363. The molecule has 0 aliphatic carbocycles. The Morgan fingerprint density at radius 2 is 1.80 bits per heavy atom. The zero-order chi connectivity index (χ0) is 35.2. The van der Waals surface area contributed by atoms with E-state index in [-0.39, 0.29) is 60.5 Å². The summed E-state index contributed by atoms with van der Waals surface area (Å²) in [5.41, 5.74) is 2.29. The zero-order valence-corrected chi connectivity index (χ0v) is 30.0. The van der Waals surface area contributed by atoms with Crippen LogP contribution < -0.4 is 20.3 Å². The van der Waals surface area contributed by atoms with Crippen molar-refractivity contribution in [3.8, 4) is 5.88 Å². The normalized spacial score (nSPS) is 26.7. The van der Waals surface area contributed by atoms with E-state index in [1.165, 1.54) is 12.1 Å². The fourth-order valence-electron chi connectivity index (χ4n) is 7.59. The van der Waals surface area contributed by atoms with Crippen LogP contribution in [0.5, 0.6) is 5.88 Å². The lowest BCUT2D eigenvalue weighted by molar-refractivity contribution is -0.122. The van der Waals surface area contributed by atoms with Crippen LogP contribution in [0.2, 0.25) is 0 Å². The van der Waals surface area contributed by atoms with Crippen LogP contribution in [0.4, 0.5) is 10.1 Å². The van der Waals surface area contributed by atoms with Crippen molar-refractivity contribution < 1.29 is 28.2 Å². The summed E-state index contributed by atoms with van der Waals surface area (Å²) in [5, 5.41) is 6.67. The molecular weight excluding hydrogens is 641 g/mol. The van der Waals surface area contributed by atoms with Gasteiger partial charge in [0.25, 0.3) is 5.91 Å². The Morgan fingerprint density at radius 3 is 2.56 bits per heavy atom. The Bertz CT molecular complexity index is 1460. The molecule has 13 heteroatoms. The van der Waals surface area contributed by atoms with Crippen LogP contribution in [-0.4, -0.2) is 147 Å². The van der Waals surface area contributed by atoms with Gasteiger partial charge in [-0.3, -0.25) is 24.3 Å². The molecule has 3 saturated heterocycles. The van der Waals surface area contributed by atoms with E-state index >= 15 is 0 Å². The number of morpholine rings is 2. The Kier molecular flexibility index (Phi) is 12.3. The molecule has 50 heavy (non-hydrogen) atoms. The highest BCUT2D eigenvalue weighted by Crippen LogP contribution is 2.35. The molecule has 274 valence electrons. The fraction of sp³-hybridized carbons (Fsp3) is 0.649. The molecule has 4 aliphatic rings. The number of nitrogens with one attached hydrogen (secondary N) is 2. The van der Waals surface area contributed by atoms with E-state index < -0.39 is 0 Å². The summed E-state index contributed by atoms with van der Waals surface area (Å²) in [4.78, 5) is 41.7. The maximum absolute atomic E-state index is 14.4. The van der Waals surface area contributed by atoms with Crippen molar-refractivity contribution in [1.82, 2.24) is 30.3 Å². The Hall–Kier alpha value is -3.20. The maximum atomic E-state index is 14.4. The molecule has 12 nitrogen and oxygen atoms in total. The summed E-state index contributed by atoms with van der Waals surface area (Å²) in [5.74, 6) is -0.388. The van der Waals surface area contributed by atoms with Crippen molar-refractivity contribution >= 4 is 17.5 Å². The second-order valence-corrected chi connectivity index (χ2v) is 14.3. The first-order valence-electron chi connectivity index (χ1n) is 18.3. The van der Waals surface area contributed by atoms with Crippen LogP contribution in [0.1, 0.15) is 55.7 Å². The molecule has 0 saturated carbocycles. The van der Waals surface area contributed by atoms with Gasteiger partial charge >= 0.3 is 0 Å². The third-order valence-corrected chi connectivity index (χ3v) is 10.5. The van der Waals surface area contributed by atoms with Gasteiger partial charge in [-0.25, -0.2) is 9.37 Å². The van der Waals surface area contributed by atoms with Gasteiger partial charge in [-0.2, -0.15) is 0 Å². The minimum atomic E-state index is -0.328. The predicted octanol–water partition coefficient (Wildman–Crippen LogP) is 2.15. The molecule has 0 bridgehead atoms. The molecule has 0 unspecified atom stereocenters. The van der Waals surface area contributed by atoms with E-state index in [0.717, 1.165) is 57.9 Å². The van der Waals surface area contributed by atoms with Gasteiger partial charge < -0.3 is 29.7 Å². The van der Waals surface area contributed by atoms with Crippen LogP contribution in [0.3, 0.4) is 0 Å². The number of pyridine rings is 1. The first kappa shape index (κ1) is 36.6. The number of hydrogen-bond donors (Lipinski definition) is 2. The largest absolute Gasteiger partial charge is 0.474 e. The van der Waals surface area contributed by atoms with Gasteiger partial charge in [0.1, 0.15) is 23.8 Å². The van der Waals surface area contributed by atoms with Crippen LogP contribution in [0, 0.1) is 5.82 Å². The average Bonchev–Trinajstić information content (AvgIpc) is 3.11. The lowest BCUT2D eigenvalue weighted by Crippen LogP contribution is -2.63. The summed E-state index contributed by atoms with van der Waals surface area (Å²) < 4.78 is 31.2. The van der Waals surface area contributed by atoms with Gasteiger partial charge in [0.05, 0.1) is 39.0 Å². The topological polar surface area (TPSA) is 112 Å². The number of carbonyl (C=O) groups excluding carboxylic acids is 2. The second kappa shape index (κ2) is 16.9. The number of benzene rings is 1. The number of amides is 2. The molecule has 0 radical (unpaired) electrons. The minimum Gasteiger partial charge on any atom is -0.474 e. The fourth-order valence-corrected chi connectivity index (χ4v) is 7.59. The first-order chi connectivity index (χ1) is 24.2. The van der Waals surface area contributed by atoms with Crippen molar-refractivity contribution in [1.29, 1.82) is 0 Å². The van der Waals surface area contributed by atoms with Crippen molar-refractivity contribution in [3.63, 3.8) is 0 Å². The number of carbonyl (C=O) groups is 2. The van der Waals surface area contributed by atoms with Gasteiger partial charge in [0, 0.05) is 70.0 Å². The van der Waals surface area contributed by atoms with E-state index in [2.05, 4.69) is 46.1 Å². The number of hydrogen-bond acceptors (Lipinski definition) is 10. The number of anilines is 1. The molecule has 1 aromatic carbocycles. The van der Waals surface area contributed by atoms with E-state index in [1.54, 1.807) is 17.0 Å². The molecule has 0 spiro atoms. The lowest BCUT2D eigenvalue weighted by atomic mass is 10.0. The molecule has 1 aromatic heterocycles. The van der Waals surface area contributed by atoms with Crippen molar-refractivity contribution in [3.05, 3.63) is 53.0 Å². The number of fused-ring (bicyclic) bond motifs is 1. The van der Waals surface area contributed by atoms with Crippen molar-refractivity contribution in [2.45, 2.75) is 70.7 Å². The van der Waals surface area contributed by atoms with Gasteiger partial charge in [0.15, 0.2) is 0 Å². The zero-order valence-electron chi connectivity index (χ0n) is 30.0. The first-order valence-corrected chi connectivity index (χ1v) is 18.3. The number of nitrogens with zero attached hydrogens (tertiary/aromatic N) is 5. The summed E-state index contributed by atoms with van der Waals surface area (Å²) in [6.45, 7) is 17.2. The summed E-state index contributed by atoms with van der Waals surface area (Å²) in [7, 11) is 0. The highest BCUT2D eigenvalue weighted by Gasteiger charge is 2.38. The summed E-state index contributed by atoms with van der Waals surface area (Å²) >= 11 is 0. The van der Waals surface area contributed by atoms with Crippen LogP contribution in [0.25, 0.3) is 0 Å². The number of piperazine rings is 1. The van der Waals surface area contributed by atoms with Crippen LogP contribution in [-0.2, 0) is 20.7 Å². The molecule has 2 N–H and O–H groups in total. The smallest absolute Gasteiger partial charge is 0.270 e. The van der Waals surface area contributed by atoms with Gasteiger partial charge in [0.2, 0.25) is 11.8 Å². The van der Waals surface area contributed by atoms with Gasteiger partial charge in [-0.1, -0.05) is 19.1 Å².